The van der Waals surface area contributed by atoms with Crippen molar-refractivity contribution in [2.24, 2.45) is 5.73 Å². The number of carbonyl (C=O) groups is 1. The van der Waals surface area contributed by atoms with Crippen LogP contribution in [0.15, 0.2) is 30.3 Å². The van der Waals surface area contributed by atoms with E-state index in [4.69, 9.17) is 5.73 Å². The Morgan fingerprint density at radius 1 is 1.44 bits per heavy atom. The molecule has 1 fully saturated rings. The zero-order chi connectivity index (χ0) is 13.0. The summed E-state index contributed by atoms with van der Waals surface area (Å²) in [5.74, 6) is -0.00819. The van der Waals surface area contributed by atoms with Gasteiger partial charge in [0.05, 0.1) is 12.2 Å². The Kier molecular flexibility index (Phi) is 4.30. The Morgan fingerprint density at radius 3 is 2.72 bits per heavy atom. The fourth-order valence-electron chi connectivity index (χ4n) is 2.13. The topological polar surface area (TPSA) is 79.2 Å². The van der Waals surface area contributed by atoms with Crippen LogP contribution in [0.3, 0.4) is 0 Å². The third-order valence-corrected chi connectivity index (χ3v) is 3.18. The number of nitrogens with one attached hydrogen (secondary N) is 3. The van der Waals surface area contributed by atoms with Crippen molar-refractivity contribution in [3.8, 4) is 0 Å². The molecule has 1 heterocycles. The van der Waals surface area contributed by atoms with Gasteiger partial charge < -0.3 is 11.1 Å². The molecule has 1 aromatic carbocycles. The molecule has 0 aliphatic carbocycles. The first-order valence-electron chi connectivity index (χ1n) is 6.32. The highest BCUT2D eigenvalue weighted by Gasteiger charge is 2.28. The number of hydrazine groups is 1. The van der Waals surface area contributed by atoms with Crippen molar-refractivity contribution in [3.05, 3.63) is 35.9 Å². The van der Waals surface area contributed by atoms with E-state index in [2.05, 4.69) is 23.1 Å². The van der Waals surface area contributed by atoms with E-state index in [9.17, 15) is 4.79 Å². The quantitative estimate of drug-likeness (QED) is 0.622. The maximum Gasteiger partial charge on any atom is 0.239 e. The van der Waals surface area contributed by atoms with E-state index in [-0.39, 0.29) is 24.2 Å². The molecule has 0 spiro atoms. The molecular weight excluding hydrogens is 228 g/mol. The summed E-state index contributed by atoms with van der Waals surface area (Å²) in [4.78, 5) is 12.1. The minimum Gasteiger partial charge on any atom is -0.348 e. The summed E-state index contributed by atoms with van der Waals surface area (Å²) in [5.41, 5.74) is 12.6. The fourth-order valence-corrected chi connectivity index (χ4v) is 2.13. The number of amides is 1. The Hall–Kier alpha value is -1.43. The van der Waals surface area contributed by atoms with Crippen LogP contribution in [-0.2, 0) is 4.79 Å². The van der Waals surface area contributed by atoms with Crippen molar-refractivity contribution in [1.82, 2.24) is 16.2 Å². The fraction of sp³-hybridized carbons (Fsp3) is 0.462. The van der Waals surface area contributed by atoms with Gasteiger partial charge in [-0.25, -0.2) is 10.9 Å². The zero-order valence-electron chi connectivity index (χ0n) is 10.5. The van der Waals surface area contributed by atoms with E-state index in [1.165, 1.54) is 0 Å². The monoisotopic (exact) mass is 248 g/mol. The first-order valence-corrected chi connectivity index (χ1v) is 6.32. The van der Waals surface area contributed by atoms with E-state index in [0.29, 0.717) is 6.42 Å². The maximum atomic E-state index is 12.1. The third-order valence-electron chi connectivity index (χ3n) is 3.18. The van der Waals surface area contributed by atoms with Crippen LogP contribution >= 0.6 is 0 Å². The third kappa shape index (κ3) is 3.07. The maximum absolute atomic E-state index is 12.1. The van der Waals surface area contributed by atoms with E-state index < -0.39 is 0 Å². The lowest BCUT2D eigenvalue weighted by Gasteiger charge is -2.19. The van der Waals surface area contributed by atoms with Gasteiger partial charge in [-0.3, -0.25) is 4.79 Å². The van der Waals surface area contributed by atoms with Gasteiger partial charge in [0, 0.05) is 6.42 Å². The molecule has 2 rings (SSSR count). The molecule has 1 amide bonds. The highest BCUT2D eigenvalue weighted by molar-refractivity contribution is 5.82. The van der Waals surface area contributed by atoms with E-state index in [1.54, 1.807) is 0 Å². The lowest BCUT2D eigenvalue weighted by Crippen LogP contribution is -2.44. The van der Waals surface area contributed by atoms with Crippen molar-refractivity contribution >= 4 is 5.91 Å². The summed E-state index contributed by atoms with van der Waals surface area (Å²) in [5, 5.41) is 3.05. The first-order chi connectivity index (χ1) is 8.70. The van der Waals surface area contributed by atoms with Crippen LogP contribution in [-0.4, -0.2) is 18.1 Å². The van der Waals surface area contributed by atoms with Gasteiger partial charge in [0.25, 0.3) is 0 Å². The van der Waals surface area contributed by atoms with Crippen LogP contribution in [0.2, 0.25) is 0 Å². The van der Waals surface area contributed by atoms with Crippen molar-refractivity contribution in [2.75, 3.05) is 0 Å². The van der Waals surface area contributed by atoms with Gasteiger partial charge in [0.15, 0.2) is 0 Å². The van der Waals surface area contributed by atoms with Gasteiger partial charge in [0.1, 0.15) is 6.04 Å². The Labute approximate surface area is 107 Å². The molecule has 0 aromatic heterocycles. The molecular formula is C13H20N4O. The molecule has 3 atom stereocenters. The van der Waals surface area contributed by atoms with Crippen LogP contribution in [0.5, 0.6) is 0 Å². The Morgan fingerprint density at radius 2 is 2.17 bits per heavy atom. The number of hydrogen-bond acceptors (Lipinski definition) is 4. The summed E-state index contributed by atoms with van der Waals surface area (Å²) in [7, 11) is 0. The molecule has 1 saturated heterocycles. The van der Waals surface area contributed by atoms with E-state index in [0.717, 1.165) is 12.0 Å². The number of carbonyl (C=O) groups excluding carboxylic acids is 1. The second-order valence-corrected chi connectivity index (χ2v) is 4.56. The van der Waals surface area contributed by atoms with Crippen LogP contribution in [0.25, 0.3) is 0 Å². The van der Waals surface area contributed by atoms with Gasteiger partial charge in [0.2, 0.25) is 5.91 Å². The number of nitrogens with two attached hydrogens (primary N) is 1. The largest absolute Gasteiger partial charge is 0.348 e. The van der Waals surface area contributed by atoms with Gasteiger partial charge >= 0.3 is 0 Å². The standard InChI is InChI=1S/C13H20N4O/c1-2-10(9-6-4-3-5-7-9)15-13(18)11-8-12(14)17-16-11/h3-7,10-12,16-17H,2,8,14H2,1H3,(H,15,18). The number of rotatable bonds is 4. The summed E-state index contributed by atoms with van der Waals surface area (Å²) < 4.78 is 0. The predicted molar refractivity (Wildman–Crippen MR) is 70.3 cm³/mol. The second kappa shape index (κ2) is 5.95. The normalized spacial score (nSPS) is 24.8. The summed E-state index contributed by atoms with van der Waals surface area (Å²) >= 11 is 0. The lowest BCUT2D eigenvalue weighted by atomic mass is 10.0. The van der Waals surface area contributed by atoms with Crippen LogP contribution in [0.1, 0.15) is 31.4 Å². The van der Waals surface area contributed by atoms with E-state index >= 15 is 0 Å². The molecule has 0 radical (unpaired) electrons. The molecule has 18 heavy (non-hydrogen) atoms. The Bertz CT molecular complexity index is 395. The molecule has 5 N–H and O–H groups in total. The molecule has 1 aromatic rings. The minimum absolute atomic E-state index is 0.00819. The van der Waals surface area contributed by atoms with Gasteiger partial charge in [-0.1, -0.05) is 37.3 Å². The van der Waals surface area contributed by atoms with Crippen molar-refractivity contribution in [2.45, 2.75) is 38.0 Å². The predicted octanol–water partition coefficient (Wildman–Crippen LogP) is 0.405. The number of hydrogen-bond donors (Lipinski definition) is 4. The van der Waals surface area contributed by atoms with Crippen LogP contribution in [0.4, 0.5) is 0 Å². The van der Waals surface area contributed by atoms with E-state index in [1.807, 2.05) is 30.3 Å². The van der Waals surface area contributed by atoms with Crippen molar-refractivity contribution in [1.29, 1.82) is 0 Å². The number of benzene rings is 1. The highest BCUT2D eigenvalue weighted by atomic mass is 16.2. The zero-order valence-corrected chi connectivity index (χ0v) is 10.5. The minimum atomic E-state index is -0.252. The molecule has 0 bridgehead atoms. The molecule has 3 unspecified atom stereocenters. The van der Waals surface area contributed by atoms with Crippen LogP contribution < -0.4 is 21.9 Å². The smallest absolute Gasteiger partial charge is 0.239 e. The SMILES string of the molecule is CCC(NC(=O)C1CC(N)NN1)c1ccccc1. The van der Waals surface area contributed by atoms with Crippen molar-refractivity contribution in [3.63, 3.8) is 0 Å². The molecule has 1 aliphatic rings. The highest BCUT2D eigenvalue weighted by Crippen LogP contribution is 2.16. The van der Waals surface area contributed by atoms with Crippen LogP contribution in [0, 0.1) is 0 Å². The average molecular weight is 248 g/mol. The Balaban J connectivity index is 1.96. The van der Waals surface area contributed by atoms with Gasteiger partial charge in [-0.15, -0.1) is 0 Å². The summed E-state index contributed by atoms with van der Waals surface area (Å²) in [6.45, 7) is 2.06. The summed E-state index contributed by atoms with van der Waals surface area (Å²) in [6, 6.07) is 9.79. The first kappa shape index (κ1) is 13.0. The second-order valence-electron chi connectivity index (χ2n) is 4.56. The molecule has 5 nitrogen and oxygen atoms in total. The molecule has 1 aliphatic heterocycles. The van der Waals surface area contributed by atoms with Crippen molar-refractivity contribution < 1.29 is 4.79 Å². The molecule has 0 saturated carbocycles. The lowest BCUT2D eigenvalue weighted by molar-refractivity contribution is -0.123. The van der Waals surface area contributed by atoms with Gasteiger partial charge in [-0.2, -0.15) is 0 Å². The van der Waals surface area contributed by atoms with Gasteiger partial charge in [-0.05, 0) is 12.0 Å². The summed E-state index contributed by atoms with van der Waals surface area (Å²) in [6.07, 6.45) is 1.32. The molecule has 98 valence electrons. The average Bonchev–Trinajstić information content (AvgIpc) is 2.83. The molecule has 5 heteroatoms.